The fraction of sp³-hybridized carbons (Fsp3) is 0.222. The first-order valence-electron chi connectivity index (χ1n) is 4.13. The second kappa shape index (κ2) is 3.14. The van der Waals surface area contributed by atoms with Gasteiger partial charge in [-0.05, 0) is 18.7 Å². The Balaban J connectivity index is 2.55. The van der Waals surface area contributed by atoms with E-state index < -0.39 is 0 Å². The van der Waals surface area contributed by atoms with Gasteiger partial charge in [0.25, 0.3) is 0 Å². The lowest BCUT2D eigenvalue weighted by molar-refractivity contribution is 0.626. The first-order chi connectivity index (χ1) is 6.31. The Morgan fingerprint density at radius 3 is 3.15 bits per heavy atom. The van der Waals surface area contributed by atoms with Crippen molar-refractivity contribution in [2.24, 2.45) is 5.73 Å². The molecule has 0 bridgehead atoms. The van der Waals surface area contributed by atoms with Crippen LogP contribution in [0.2, 0.25) is 0 Å². The molecule has 13 heavy (non-hydrogen) atoms. The van der Waals surface area contributed by atoms with E-state index in [9.17, 15) is 4.39 Å². The fourth-order valence-corrected chi connectivity index (χ4v) is 1.34. The highest BCUT2D eigenvalue weighted by atomic mass is 19.1. The molecule has 2 N–H and O–H groups in total. The number of hydrogen-bond donors (Lipinski definition) is 1. The Hall–Kier alpha value is -1.42. The molecule has 0 saturated carbocycles. The van der Waals surface area contributed by atoms with E-state index in [0.29, 0.717) is 13.0 Å². The SMILES string of the molecule is NCCc1ncc2cc(F)ccn12. The zero-order valence-electron chi connectivity index (χ0n) is 7.07. The van der Waals surface area contributed by atoms with E-state index in [-0.39, 0.29) is 5.82 Å². The molecule has 0 aliphatic heterocycles. The summed E-state index contributed by atoms with van der Waals surface area (Å²) in [4.78, 5) is 4.14. The Labute approximate surface area is 75.0 Å². The van der Waals surface area contributed by atoms with Crippen molar-refractivity contribution < 1.29 is 4.39 Å². The highest BCUT2D eigenvalue weighted by Gasteiger charge is 2.02. The molecule has 0 fully saturated rings. The number of nitrogens with zero attached hydrogens (tertiary/aromatic N) is 2. The lowest BCUT2D eigenvalue weighted by Crippen LogP contribution is -2.06. The van der Waals surface area contributed by atoms with E-state index in [4.69, 9.17) is 5.73 Å². The van der Waals surface area contributed by atoms with E-state index in [1.807, 2.05) is 4.40 Å². The minimum absolute atomic E-state index is 0.244. The van der Waals surface area contributed by atoms with Gasteiger partial charge >= 0.3 is 0 Å². The zero-order valence-corrected chi connectivity index (χ0v) is 7.07. The van der Waals surface area contributed by atoms with E-state index >= 15 is 0 Å². The number of aromatic nitrogens is 2. The summed E-state index contributed by atoms with van der Waals surface area (Å²) in [5, 5.41) is 0. The minimum Gasteiger partial charge on any atom is -0.330 e. The molecule has 2 aromatic rings. The second-order valence-corrected chi connectivity index (χ2v) is 2.85. The maximum absolute atomic E-state index is 12.8. The van der Waals surface area contributed by atoms with Gasteiger partial charge in [-0.2, -0.15) is 0 Å². The van der Waals surface area contributed by atoms with Gasteiger partial charge in [0.2, 0.25) is 0 Å². The minimum atomic E-state index is -0.244. The molecule has 0 saturated heterocycles. The third kappa shape index (κ3) is 1.40. The quantitative estimate of drug-likeness (QED) is 0.746. The standard InChI is InChI=1S/C9H10FN3/c10-7-2-4-13-8(5-7)6-12-9(13)1-3-11/h2,4-6H,1,3,11H2. The van der Waals surface area contributed by atoms with Crippen LogP contribution in [0.1, 0.15) is 5.82 Å². The Morgan fingerprint density at radius 2 is 2.38 bits per heavy atom. The highest BCUT2D eigenvalue weighted by molar-refractivity contribution is 5.45. The van der Waals surface area contributed by atoms with Crippen LogP contribution in [-0.2, 0) is 6.42 Å². The molecular weight excluding hydrogens is 169 g/mol. The predicted octanol–water partition coefficient (Wildman–Crippen LogP) is 0.975. The summed E-state index contributed by atoms with van der Waals surface area (Å²) in [6, 6.07) is 2.86. The number of rotatable bonds is 2. The molecule has 2 heterocycles. The average Bonchev–Trinajstić information content (AvgIpc) is 2.49. The van der Waals surface area contributed by atoms with Gasteiger partial charge in [-0.3, -0.25) is 0 Å². The van der Waals surface area contributed by atoms with Gasteiger partial charge in [-0.15, -0.1) is 0 Å². The summed E-state index contributed by atoms with van der Waals surface area (Å²) in [6.45, 7) is 0.552. The van der Waals surface area contributed by atoms with Crippen LogP contribution in [0.4, 0.5) is 4.39 Å². The average molecular weight is 179 g/mol. The summed E-state index contributed by atoms with van der Waals surface area (Å²) in [7, 11) is 0. The van der Waals surface area contributed by atoms with E-state index in [1.54, 1.807) is 12.4 Å². The fourth-order valence-electron chi connectivity index (χ4n) is 1.34. The van der Waals surface area contributed by atoms with E-state index in [1.165, 1.54) is 12.1 Å². The Morgan fingerprint density at radius 1 is 1.54 bits per heavy atom. The number of imidazole rings is 1. The first-order valence-corrected chi connectivity index (χ1v) is 4.13. The molecule has 0 unspecified atom stereocenters. The van der Waals surface area contributed by atoms with Gasteiger partial charge < -0.3 is 10.1 Å². The summed E-state index contributed by atoms with van der Waals surface area (Å²) in [5.74, 6) is 0.629. The van der Waals surface area contributed by atoms with Crippen LogP contribution in [0.25, 0.3) is 5.52 Å². The van der Waals surface area contributed by atoms with Crippen molar-refractivity contribution in [3.8, 4) is 0 Å². The lowest BCUT2D eigenvalue weighted by Gasteiger charge is -1.98. The largest absolute Gasteiger partial charge is 0.330 e. The van der Waals surface area contributed by atoms with Crippen LogP contribution in [-0.4, -0.2) is 15.9 Å². The first kappa shape index (κ1) is 8.19. The maximum Gasteiger partial charge on any atom is 0.126 e. The van der Waals surface area contributed by atoms with Gasteiger partial charge in [0.15, 0.2) is 0 Å². The molecule has 0 spiro atoms. The van der Waals surface area contributed by atoms with Gasteiger partial charge in [-0.25, -0.2) is 9.37 Å². The van der Waals surface area contributed by atoms with Crippen molar-refractivity contribution in [3.63, 3.8) is 0 Å². The molecule has 0 aliphatic carbocycles. The lowest BCUT2D eigenvalue weighted by atomic mass is 10.4. The van der Waals surface area contributed by atoms with Gasteiger partial charge in [0.1, 0.15) is 11.6 Å². The van der Waals surface area contributed by atoms with Crippen molar-refractivity contribution in [1.29, 1.82) is 0 Å². The normalized spacial score (nSPS) is 10.9. The van der Waals surface area contributed by atoms with Crippen molar-refractivity contribution in [2.45, 2.75) is 6.42 Å². The van der Waals surface area contributed by atoms with Crippen LogP contribution in [0.15, 0.2) is 24.5 Å². The molecule has 3 nitrogen and oxygen atoms in total. The van der Waals surface area contributed by atoms with E-state index in [0.717, 1.165) is 11.3 Å². The van der Waals surface area contributed by atoms with Crippen LogP contribution in [0.5, 0.6) is 0 Å². The Bertz CT molecular complexity index is 422. The molecule has 0 aliphatic rings. The summed E-state index contributed by atoms with van der Waals surface area (Å²) in [6.07, 6.45) is 4.02. The number of pyridine rings is 1. The van der Waals surface area contributed by atoms with Crippen LogP contribution >= 0.6 is 0 Å². The molecule has 2 aromatic heterocycles. The zero-order chi connectivity index (χ0) is 9.26. The van der Waals surface area contributed by atoms with Gasteiger partial charge in [-0.1, -0.05) is 0 Å². The van der Waals surface area contributed by atoms with Gasteiger partial charge in [0.05, 0.1) is 11.7 Å². The molecule has 0 amide bonds. The number of fused-ring (bicyclic) bond motifs is 1. The second-order valence-electron chi connectivity index (χ2n) is 2.85. The molecule has 68 valence electrons. The molecule has 2 rings (SSSR count). The molecule has 0 atom stereocenters. The van der Waals surface area contributed by atoms with Crippen molar-refractivity contribution >= 4 is 5.52 Å². The summed E-state index contributed by atoms with van der Waals surface area (Å²) in [5.41, 5.74) is 6.18. The van der Waals surface area contributed by atoms with Crippen LogP contribution in [0.3, 0.4) is 0 Å². The van der Waals surface area contributed by atoms with Crippen molar-refractivity contribution in [1.82, 2.24) is 9.38 Å². The summed E-state index contributed by atoms with van der Waals surface area (Å²) < 4.78 is 14.6. The smallest absolute Gasteiger partial charge is 0.126 e. The molecule has 0 aromatic carbocycles. The predicted molar refractivity (Wildman–Crippen MR) is 47.9 cm³/mol. The molecular formula is C9H10FN3. The van der Waals surface area contributed by atoms with Gasteiger partial charge in [0, 0.05) is 12.6 Å². The van der Waals surface area contributed by atoms with Crippen molar-refractivity contribution in [2.75, 3.05) is 6.54 Å². The van der Waals surface area contributed by atoms with E-state index in [2.05, 4.69) is 4.98 Å². The highest BCUT2D eigenvalue weighted by Crippen LogP contribution is 2.08. The third-order valence-electron chi connectivity index (χ3n) is 1.94. The summed E-state index contributed by atoms with van der Waals surface area (Å²) >= 11 is 0. The maximum atomic E-state index is 12.8. The van der Waals surface area contributed by atoms with Crippen LogP contribution in [0, 0.1) is 5.82 Å². The number of hydrogen-bond acceptors (Lipinski definition) is 2. The molecule has 4 heteroatoms. The van der Waals surface area contributed by atoms with Crippen LogP contribution < -0.4 is 5.73 Å². The monoisotopic (exact) mass is 179 g/mol. The van der Waals surface area contributed by atoms with Crippen molar-refractivity contribution in [3.05, 3.63) is 36.2 Å². The topological polar surface area (TPSA) is 43.3 Å². The Kier molecular flexibility index (Phi) is 1.98. The third-order valence-corrected chi connectivity index (χ3v) is 1.94. The molecule has 0 radical (unpaired) electrons. The number of halogens is 1. The number of nitrogens with two attached hydrogens (primary N) is 1.